The minimum Gasteiger partial charge on any atom is -0.370 e. The van der Waals surface area contributed by atoms with Crippen molar-refractivity contribution in [1.82, 2.24) is 9.97 Å². The molecule has 0 amide bonds. The van der Waals surface area contributed by atoms with Crippen molar-refractivity contribution >= 4 is 17.6 Å². The molecule has 1 N–H and O–H groups in total. The molecule has 0 aliphatic heterocycles. The van der Waals surface area contributed by atoms with Crippen LogP contribution in [0.15, 0.2) is 40.4 Å². The van der Waals surface area contributed by atoms with Gasteiger partial charge in [-0.25, -0.2) is 9.97 Å². The molecular formula is C15H19N3S. The highest BCUT2D eigenvalue weighted by atomic mass is 32.2. The molecule has 2 heterocycles. The first-order chi connectivity index (χ1) is 9.17. The number of nitrogens with one attached hydrogen (secondary N) is 1. The van der Waals surface area contributed by atoms with Gasteiger partial charge in [-0.2, -0.15) is 0 Å². The highest BCUT2D eigenvalue weighted by molar-refractivity contribution is 7.99. The van der Waals surface area contributed by atoms with Crippen molar-refractivity contribution in [1.29, 1.82) is 0 Å². The summed E-state index contributed by atoms with van der Waals surface area (Å²) in [5.74, 6) is 0.927. The van der Waals surface area contributed by atoms with E-state index in [9.17, 15) is 0 Å². The van der Waals surface area contributed by atoms with E-state index in [0.717, 1.165) is 34.4 Å². The van der Waals surface area contributed by atoms with Gasteiger partial charge in [-0.05, 0) is 50.1 Å². The first-order valence-electron chi connectivity index (χ1n) is 6.50. The zero-order valence-electron chi connectivity index (χ0n) is 11.6. The van der Waals surface area contributed by atoms with E-state index in [1.165, 1.54) is 5.56 Å². The number of aryl methyl sites for hydroxylation is 2. The van der Waals surface area contributed by atoms with Crippen molar-refractivity contribution in [2.45, 2.75) is 37.1 Å². The van der Waals surface area contributed by atoms with Crippen molar-refractivity contribution < 1.29 is 0 Å². The van der Waals surface area contributed by atoms with Crippen molar-refractivity contribution in [2.75, 3.05) is 11.9 Å². The molecule has 19 heavy (non-hydrogen) atoms. The van der Waals surface area contributed by atoms with Gasteiger partial charge in [0.2, 0.25) is 0 Å². The molecule has 2 aromatic heterocycles. The van der Waals surface area contributed by atoms with Crippen LogP contribution in [0.2, 0.25) is 0 Å². The SMILES string of the molecule is CCCNc1cc(Sc2cc(C)cc(C)n2)ccn1. The van der Waals surface area contributed by atoms with E-state index in [2.05, 4.69) is 47.3 Å². The molecule has 0 aromatic carbocycles. The van der Waals surface area contributed by atoms with E-state index in [4.69, 9.17) is 0 Å². The maximum absolute atomic E-state index is 4.54. The van der Waals surface area contributed by atoms with Gasteiger partial charge in [-0.1, -0.05) is 18.7 Å². The van der Waals surface area contributed by atoms with Gasteiger partial charge in [0.15, 0.2) is 0 Å². The summed E-state index contributed by atoms with van der Waals surface area (Å²) in [7, 11) is 0. The number of nitrogens with zero attached hydrogens (tertiary/aromatic N) is 2. The normalized spacial score (nSPS) is 10.5. The van der Waals surface area contributed by atoms with E-state index < -0.39 is 0 Å². The quantitative estimate of drug-likeness (QED) is 0.891. The molecule has 2 rings (SSSR count). The Bertz CT molecular complexity index is 535. The van der Waals surface area contributed by atoms with Crippen LogP contribution in [-0.2, 0) is 0 Å². The van der Waals surface area contributed by atoms with Crippen LogP contribution in [0.1, 0.15) is 24.6 Å². The Kier molecular flexibility index (Phi) is 4.80. The lowest BCUT2D eigenvalue weighted by atomic mass is 10.3. The number of hydrogen-bond acceptors (Lipinski definition) is 4. The average Bonchev–Trinajstić information content (AvgIpc) is 2.35. The van der Waals surface area contributed by atoms with Crippen LogP contribution in [0.25, 0.3) is 0 Å². The summed E-state index contributed by atoms with van der Waals surface area (Å²) in [6, 6.07) is 8.28. The third-order valence-corrected chi connectivity index (χ3v) is 3.49. The lowest BCUT2D eigenvalue weighted by Crippen LogP contribution is -2.01. The van der Waals surface area contributed by atoms with Gasteiger partial charge >= 0.3 is 0 Å². The maximum atomic E-state index is 4.54. The van der Waals surface area contributed by atoms with E-state index in [1.54, 1.807) is 11.8 Å². The van der Waals surface area contributed by atoms with E-state index in [-0.39, 0.29) is 0 Å². The Morgan fingerprint density at radius 3 is 2.79 bits per heavy atom. The largest absolute Gasteiger partial charge is 0.370 e. The molecule has 0 spiro atoms. The van der Waals surface area contributed by atoms with Crippen LogP contribution in [0.5, 0.6) is 0 Å². The Hall–Kier alpha value is -1.55. The molecular weight excluding hydrogens is 254 g/mol. The van der Waals surface area contributed by atoms with Crippen molar-refractivity contribution in [2.24, 2.45) is 0 Å². The van der Waals surface area contributed by atoms with Crippen molar-refractivity contribution in [3.05, 3.63) is 41.7 Å². The van der Waals surface area contributed by atoms with Crippen LogP contribution in [-0.4, -0.2) is 16.5 Å². The zero-order chi connectivity index (χ0) is 13.7. The molecule has 3 nitrogen and oxygen atoms in total. The molecule has 0 radical (unpaired) electrons. The molecule has 2 aromatic rings. The minimum absolute atomic E-state index is 0.927. The fourth-order valence-electron chi connectivity index (χ4n) is 1.80. The fraction of sp³-hybridized carbons (Fsp3) is 0.333. The van der Waals surface area contributed by atoms with Crippen molar-refractivity contribution in [3.63, 3.8) is 0 Å². The minimum atomic E-state index is 0.927. The van der Waals surface area contributed by atoms with Gasteiger partial charge in [0.05, 0.1) is 0 Å². The van der Waals surface area contributed by atoms with E-state index in [1.807, 2.05) is 19.2 Å². The molecule has 0 unspecified atom stereocenters. The van der Waals surface area contributed by atoms with Gasteiger partial charge in [0.1, 0.15) is 10.8 Å². The molecule has 0 fully saturated rings. The van der Waals surface area contributed by atoms with E-state index in [0.29, 0.717) is 0 Å². The first kappa shape index (κ1) is 13.9. The van der Waals surface area contributed by atoms with Crippen LogP contribution >= 0.6 is 11.8 Å². The molecule has 0 saturated carbocycles. The summed E-state index contributed by atoms with van der Waals surface area (Å²) >= 11 is 1.67. The van der Waals surface area contributed by atoms with Crippen LogP contribution in [0.4, 0.5) is 5.82 Å². The monoisotopic (exact) mass is 273 g/mol. The highest BCUT2D eigenvalue weighted by Crippen LogP contribution is 2.27. The molecule has 0 saturated heterocycles. The molecule has 4 heteroatoms. The third kappa shape index (κ3) is 4.24. The fourth-order valence-corrected chi connectivity index (χ4v) is 2.78. The number of aromatic nitrogens is 2. The Morgan fingerprint density at radius 1 is 1.21 bits per heavy atom. The molecule has 0 aliphatic rings. The van der Waals surface area contributed by atoms with Gasteiger partial charge in [0.25, 0.3) is 0 Å². The van der Waals surface area contributed by atoms with Gasteiger partial charge in [-0.3, -0.25) is 0 Å². The second-order valence-corrected chi connectivity index (χ2v) is 5.62. The number of pyridine rings is 2. The van der Waals surface area contributed by atoms with E-state index >= 15 is 0 Å². The smallest absolute Gasteiger partial charge is 0.127 e. The second-order valence-electron chi connectivity index (χ2n) is 4.53. The number of rotatable bonds is 5. The maximum Gasteiger partial charge on any atom is 0.127 e. The summed E-state index contributed by atoms with van der Waals surface area (Å²) in [6.45, 7) is 7.21. The van der Waals surface area contributed by atoms with Crippen LogP contribution < -0.4 is 5.32 Å². The standard InChI is InChI=1S/C15H19N3S/c1-4-6-16-14-10-13(5-7-17-14)19-15-9-11(2)8-12(3)18-15/h5,7-10H,4,6H2,1-3H3,(H,16,17). The Labute approximate surface area is 118 Å². The predicted octanol–water partition coefficient (Wildman–Crippen LogP) is 4.07. The number of hydrogen-bond donors (Lipinski definition) is 1. The molecule has 0 aliphatic carbocycles. The zero-order valence-corrected chi connectivity index (χ0v) is 12.4. The lowest BCUT2D eigenvalue weighted by Gasteiger charge is -2.07. The Morgan fingerprint density at radius 2 is 2.05 bits per heavy atom. The molecule has 100 valence electrons. The molecule has 0 atom stereocenters. The first-order valence-corrected chi connectivity index (χ1v) is 7.32. The Balaban J connectivity index is 2.13. The van der Waals surface area contributed by atoms with Crippen LogP contribution in [0, 0.1) is 13.8 Å². The number of anilines is 1. The van der Waals surface area contributed by atoms with Crippen molar-refractivity contribution in [3.8, 4) is 0 Å². The summed E-state index contributed by atoms with van der Waals surface area (Å²) in [5.41, 5.74) is 2.30. The van der Waals surface area contributed by atoms with Gasteiger partial charge in [0, 0.05) is 23.3 Å². The summed E-state index contributed by atoms with van der Waals surface area (Å²) in [4.78, 5) is 10.0. The van der Waals surface area contributed by atoms with Gasteiger partial charge < -0.3 is 5.32 Å². The lowest BCUT2D eigenvalue weighted by molar-refractivity contribution is 0.967. The van der Waals surface area contributed by atoms with Crippen LogP contribution in [0.3, 0.4) is 0 Å². The topological polar surface area (TPSA) is 37.8 Å². The summed E-state index contributed by atoms with van der Waals surface area (Å²) in [6.07, 6.45) is 2.93. The highest BCUT2D eigenvalue weighted by Gasteiger charge is 2.02. The average molecular weight is 273 g/mol. The third-order valence-electron chi connectivity index (χ3n) is 2.58. The second kappa shape index (κ2) is 6.57. The molecule has 0 bridgehead atoms. The van der Waals surface area contributed by atoms with Gasteiger partial charge in [-0.15, -0.1) is 0 Å². The summed E-state index contributed by atoms with van der Waals surface area (Å²) in [5, 5.41) is 4.33. The summed E-state index contributed by atoms with van der Waals surface area (Å²) < 4.78 is 0. The predicted molar refractivity (Wildman–Crippen MR) is 80.9 cm³/mol.